The molecule has 0 aliphatic rings. The number of rotatable bonds is 19. The largest absolute Gasteiger partial charge is 0.311 e. The van der Waals surface area contributed by atoms with Crippen LogP contribution in [0.5, 0.6) is 0 Å². The highest BCUT2D eigenvalue weighted by Gasteiger charge is 2.23. The Kier molecular flexibility index (Phi) is 13.4. The minimum absolute atomic E-state index is 0.508. The SMILES string of the molecule is CCCCCCCCB(CCCCCCCC)c1cc(N(c2ccccc2)c2ccccc2)ccc1-c1ccc2ccccc2n1. The van der Waals surface area contributed by atoms with E-state index in [1.54, 1.807) is 0 Å². The van der Waals surface area contributed by atoms with Gasteiger partial charge in [0, 0.05) is 22.4 Å². The summed E-state index contributed by atoms with van der Waals surface area (Å²) in [5, 5.41) is 1.19. The first-order valence-electron chi connectivity index (χ1n) is 18.2. The van der Waals surface area contributed by atoms with Gasteiger partial charge in [-0.05, 0) is 54.1 Å². The van der Waals surface area contributed by atoms with E-state index >= 15 is 0 Å². The molecule has 3 heteroatoms. The van der Waals surface area contributed by atoms with Crippen LogP contribution in [0.3, 0.4) is 0 Å². The average molecular weight is 609 g/mol. The number of hydrogen-bond acceptors (Lipinski definition) is 2. The van der Waals surface area contributed by atoms with Crippen molar-refractivity contribution in [3.05, 3.63) is 115 Å². The van der Waals surface area contributed by atoms with Gasteiger partial charge in [-0.2, -0.15) is 0 Å². The topological polar surface area (TPSA) is 16.1 Å². The molecule has 0 aliphatic carbocycles. The average Bonchev–Trinajstić information content (AvgIpc) is 3.11. The Balaban J connectivity index is 1.55. The van der Waals surface area contributed by atoms with E-state index in [1.165, 1.54) is 123 Å². The van der Waals surface area contributed by atoms with Gasteiger partial charge in [0.1, 0.15) is 0 Å². The molecule has 238 valence electrons. The lowest BCUT2D eigenvalue weighted by Gasteiger charge is -2.28. The molecule has 5 aromatic rings. The normalized spacial score (nSPS) is 11.2. The van der Waals surface area contributed by atoms with Crippen LogP contribution < -0.4 is 10.4 Å². The number of pyridine rings is 1. The summed E-state index contributed by atoms with van der Waals surface area (Å²) in [6.45, 7) is 5.12. The summed E-state index contributed by atoms with van der Waals surface area (Å²) < 4.78 is 0. The van der Waals surface area contributed by atoms with Gasteiger partial charge in [0.05, 0.1) is 11.2 Å². The second kappa shape index (κ2) is 18.3. The van der Waals surface area contributed by atoms with Crippen LogP contribution in [0.25, 0.3) is 22.2 Å². The van der Waals surface area contributed by atoms with E-state index in [1.807, 2.05) is 0 Å². The predicted octanol–water partition coefficient (Wildman–Crippen LogP) is 12.8. The van der Waals surface area contributed by atoms with Gasteiger partial charge in [-0.1, -0.05) is 176 Å². The molecular weight excluding hydrogens is 555 g/mol. The molecule has 2 nitrogen and oxygen atoms in total. The van der Waals surface area contributed by atoms with Gasteiger partial charge < -0.3 is 4.90 Å². The molecule has 4 aromatic carbocycles. The number of unbranched alkanes of at least 4 members (excludes halogenated alkanes) is 10. The minimum atomic E-state index is 0.508. The molecule has 0 fully saturated rings. The summed E-state index contributed by atoms with van der Waals surface area (Å²) in [5.41, 5.74) is 8.47. The van der Waals surface area contributed by atoms with Gasteiger partial charge in [-0.3, -0.25) is 0 Å². The van der Waals surface area contributed by atoms with Crippen LogP contribution in [0, 0.1) is 0 Å². The zero-order valence-electron chi connectivity index (χ0n) is 28.3. The van der Waals surface area contributed by atoms with Gasteiger partial charge in [-0.25, -0.2) is 4.98 Å². The minimum Gasteiger partial charge on any atom is -0.311 e. The molecule has 0 amide bonds. The fourth-order valence-electron chi connectivity index (χ4n) is 6.88. The number of hydrogen-bond donors (Lipinski definition) is 0. The van der Waals surface area contributed by atoms with Gasteiger partial charge >= 0.3 is 0 Å². The summed E-state index contributed by atoms with van der Waals surface area (Å²) in [5.74, 6) is 0. The standard InChI is InChI=1S/C43H53BN2/c1-3-5-7-9-11-21-33-44(34-22-12-10-8-6-4-2)41-35-39(46(37-24-15-13-16-25-37)38-26-17-14-18-27-38)30-31-40(41)43-32-29-36-23-19-20-28-42(36)45-43/h13-20,23-32,35H,3-12,21-22,33-34H2,1-2H3. The van der Waals surface area contributed by atoms with Crippen molar-refractivity contribution in [3.8, 4) is 11.3 Å². The highest BCUT2D eigenvalue weighted by Crippen LogP contribution is 2.35. The smallest absolute Gasteiger partial charge is 0.176 e. The lowest BCUT2D eigenvalue weighted by molar-refractivity contribution is 0.617. The van der Waals surface area contributed by atoms with Gasteiger partial charge in [0.25, 0.3) is 0 Å². The number of benzene rings is 4. The Hall–Kier alpha value is -3.85. The molecule has 46 heavy (non-hydrogen) atoms. The molecule has 0 bridgehead atoms. The molecule has 1 aromatic heterocycles. The monoisotopic (exact) mass is 608 g/mol. The molecular formula is C43H53BN2. The van der Waals surface area contributed by atoms with Gasteiger partial charge in [0.15, 0.2) is 6.71 Å². The Labute approximate surface area is 279 Å². The Morgan fingerprint density at radius 1 is 0.500 bits per heavy atom. The number of para-hydroxylation sites is 3. The molecule has 0 radical (unpaired) electrons. The summed E-state index contributed by atoms with van der Waals surface area (Å²) >= 11 is 0. The van der Waals surface area contributed by atoms with E-state index in [0.717, 1.165) is 11.2 Å². The molecule has 1 heterocycles. The van der Waals surface area contributed by atoms with Crippen LogP contribution in [0.2, 0.25) is 12.6 Å². The van der Waals surface area contributed by atoms with Crippen LogP contribution >= 0.6 is 0 Å². The number of aromatic nitrogens is 1. The highest BCUT2D eigenvalue weighted by molar-refractivity contribution is 6.74. The Bertz CT molecular complexity index is 1530. The van der Waals surface area contributed by atoms with Crippen molar-refractivity contribution >= 4 is 40.1 Å². The molecule has 0 saturated heterocycles. The quantitative estimate of drug-likeness (QED) is 0.0685. The Morgan fingerprint density at radius 2 is 1.04 bits per heavy atom. The maximum atomic E-state index is 5.23. The third-order valence-corrected chi connectivity index (χ3v) is 9.45. The predicted molar refractivity (Wildman–Crippen MR) is 204 cm³/mol. The van der Waals surface area contributed by atoms with Crippen molar-refractivity contribution in [2.24, 2.45) is 0 Å². The molecule has 5 rings (SSSR count). The van der Waals surface area contributed by atoms with Crippen LogP contribution in [-0.2, 0) is 0 Å². The van der Waals surface area contributed by atoms with E-state index in [4.69, 9.17) is 4.98 Å². The number of fused-ring (bicyclic) bond motifs is 1. The van der Waals surface area contributed by atoms with Crippen molar-refractivity contribution in [2.45, 2.75) is 104 Å². The van der Waals surface area contributed by atoms with Crippen LogP contribution in [0.15, 0.2) is 115 Å². The van der Waals surface area contributed by atoms with Crippen molar-refractivity contribution in [1.82, 2.24) is 4.98 Å². The molecule has 0 atom stereocenters. The second-order valence-corrected chi connectivity index (χ2v) is 13.0. The number of nitrogens with zero attached hydrogens (tertiary/aromatic N) is 2. The van der Waals surface area contributed by atoms with Gasteiger partial charge in [-0.15, -0.1) is 0 Å². The Morgan fingerprint density at radius 3 is 1.65 bits per heavy atom. The van der Waals surface area contributed by atoms with Crippen LogP contribution in [0.4, 0.5) is 17.1 Å². The summed E-state index contributed by atoms with van der Waals surface area (Å²) in [6, 6.07) is 41.8. The highest BCUT2D eigenvalue weighted by atomic mass is 15.1. The van der Waals surface area contributed by atoms with E-state index in [-0.39, 0.29) is 0 Å². The summed E-state index contributed by atoms with van der Waals surface area (Å²) in [7, 11) is 0. The first kappa shape index (κ1) is 33.5. The molecule has 0 unspecified atom stereocenters. The fourth-order valence-corrected chi connectivity index (χ4v) is 6.88. The summed E-state index contributed by atoms with van der Waals surface area (Å²) in [4.78, 5) is 7.64. The van der Waals surface area contributed by atoms with Crippen LogP contribution in [0.1, 0.15) is 90.9 Å². The first-order valence-corrected chi connectivity index (χ1v) is 18.2. The number of anilines is 3. The molecule has 0 saturated carbocycles. The maximum absolute atomic E-state index is 5.23. The van der Waals surface area contributed by atoms with Crippen LogP contribution in [-0.4, -0.2) is 11.7 Å². The summed E-state index contributed by atoms with van der Waals surface area (Å²) in [6.07, 6.45) is 18.5. The van der Waals surface area contributed by atoms with Crippen molar-refractivity contribution in [3.63, 3.8) is 0 Å². The molecule has 0 aliphatic heterocycles. The lowest BCUT2D eigenvalue weighted by Crippen LogP contribution is -2.32. The zero-order valence-corrected chi connectivity index (χ0v) is 28.3. The lowest BCUT2D eigenvalue weighted by atomic mass is 9.38. The van der Waals surface area contributed by atoms with E-state index in [2.05, 4.69) is 134 Å². The molecule has 0 spiro atoms. The third-order valence-electron chi connectivity index (χ3n) is 9.45. The van der Waals surface area contributed by atoms with E-state index in [9.17, 15) is 0 Å². The van der Waals surface area contributed by atoms with Gasteiger partial charge in [0.2, 0.25) is 0 Å². The van der Waals surface area contributed by atoms with Crippen molar-refractivity contribution in [1.29, 1.82) is 0 Å². The first-order chi connectivity index (χ1) is 22.8. The maximum Gasteiger partial charge on any atom is 0.176 e. The molecule has 0 N–H and O–H groups in total. The van der Waals surface area contributed by atoms with E-state index < -0.39 is 0 Å². The zero-order chi connectivity index (χ0) is 31.8. The van der Waals surface area contributed by atoms with Crippen molar-refractivity contribution in [2.75, 3.05) is 4.90 Å². The second-order valence-electron chi connectivity index (χ2n) is 13.0. The van der Waals surface area contributed by atoms with E-state index in [0.29, 0.717) is 6.71 Å². The van der Waals surface area contributed by atoms with Crippen molar-refractivity contribution < 1.29 is 0 Å². The fraction of sp³-hybridized carbons (Fsp3) is 0.372. The third kappa shape index (κ3) is 9.35.